The van der Waals surface area contributed by atoms with Gasteiger partial charge in [0.15, 0.2) is 5.78 Å². The Morgan fingerprint density at radius 2 is 2.45 bits per heavy atom. The van der Waals surface area contributed by atoms with Gasteiger partial charge in [0, 0.05) is 6.61 Å². The average molecular weight is 174 g/mol. The molecule has 0 spiro atoms. The number of carbonyl (C=O) groups is 1. The summed E-state index contributed by atoms with van der Waals surface area (Å²) in [6.45, 7) is 2.65. The Labute approximate surface area is 71.7 Å². The summed E-state index contributed by atoms with van der Waals surface area (Å²) in [5.41, 5.74) is -0.455. The second-order valence-electron chi connectivity index (χ2n) is 3.04. The summed E-state index contributed by atoms with van der Waals surface area (Å²) in [4.78, 5) is 11.4. The van der Waals surface area contributed by atoms with E-state index in [9.17, 15) is 4.79 Å². The van der Waals surface area contributed by atoms with E-state index in [4.69, 9.17) is 4.74 Å². The van der Waals surface area contributed by atoms with E-state index in [1.165, 1.54) is 0 Å². The number of thioether (sulfide) groups is 1. The molecule has 0 aromatic rings. The molecule has 1 rings (SSSR count). The normalized spacial score (nSPS) is 30.7. The third kappa shape index (κ3) is 1.97. The van der Waals surface area contributed by atoms with E-state index in [-0.39, 0.29) is 5.78 Å². The van der Waals surface area contributed by atoms with Gasteiger partial charge in [-0.3, -0.25) is 4.79 Å². The molecule has 0 aromatic heterocycles. The second kappa shape index (κ2) is 3.59. The Kier molecular flexibility index (Phi) is 2.96. The highest BCUT2D eigenvalue weighted by Crippen LogP contribution is 2.26. The minimum Gasteiger partial charge on any atom is -0.367 e. The van der Waals surface area contributed by atoms with E-state index in [2.05, 4.69) is 0 Å². The molecular weight excluding hydrogens is 160 g/mol. The first-order valence-electron chi connectivity index (χ1n) is 3.85. The Morgan fingerprint density at radius 3 is 2.91 bits per heavy atom. The highest BCUT2D eigenvalue weighted by molar-refractivity contribution is 7.99. The van der Waals surface area contributed by atoms with Gasteiger partial charge in [-0.2, -0.15) is 11.8 Å². The van der Waals surface area contributed by atoms with Crippen LogP contribution in [0.25, 0.3) is 0 Å². The largest absolute Gasteiger partial charge is 0.367 e. The number of hydrogen-bond donors (Lipinski definition) is 0. The number of Topliss-reactive ketones (excluding diaryl/α,β-unsaturated/α-hetero) is 1. The average Bonchev–Trinajstić information content (AvgIpc) is 2.38. The lowest BCUT2D eigenvalue weighted by atomic mass is 9.99. The molecule has 0 saturated carbocycles. The third-order valence-electron chi connectivity index (χ3n) is 2.08. The maximum absolute atomic E-state index is 11.4. The van der Waals surface area contributed by atoms with Crippen molar-refractivity contribution in [1.29, 1.82) is 0 Å². The molecule has 0 bridgehead atoms. The summed E-state index contributed by atoms with van der Waals surface area (Å²) in [5, 5.41) is 0. The van der Waals surface area contributed by atoms with E-state index in [1.54, 1.807) is 11.8 Å². The van der Waals surface area contributed by atoms with Gasteiger partial charge in [0.1, 0.15) is 5.60 Å². The molecule has 0 aliphatic carbocycles. The zero-order valence-corrected chi connectivity index (χ0v) is 7.87. The molecule has 2 nitrogen and oxygen atoms in total. The van der Waals surface area contributed by atoms with Crippen LogP contribution < -0.4 is 0 Å². The molecule has 1 saturated heterocycles. The molecule has 0 radical (unpaired) electrons. The van der Waals surface area contributed by atoms with E-state index in [1.807, 2.05) is 13.2 Å². The minimum absolute atomic E-state index is 0.238. The van der Waals surface area contributed by atoms with Gasteiger partial charge in [0.2, 0.25) is 0 Å². The molecule has 1 atom stereocenters. The lowest BCUT2D eigenvalue weighted by Gasteiger charge is -2.20. The zero-order chi connectivity index (χ0) is 8.32. The highest BCUT2D eigenvalue weighted by Gasteiger charge is 2.36. The van der Waals surface area contributed by atoms with Crippen LogP contribution in [0.2, 0.25) is 0 Å². The van der Waals surface area contributed by atoms with Crippen LogP contribution in [0.5, 0.6) is 0 Å². The van der Waals surface area contributed by atoms with Crippen LogP contribution in [0.4, 0.5) is 0 Å². The molecule has 1 aliphatic rings. The van der Waals surface area contributed by atoms with Gasteiger partial charge >= 0.3 is 0 Å². The summed E-state index contributed by atoms with van der Waals surface area (Å²) < 4.78 is 5.39. The van der Waals surface area contributed by atoms with Crippen molar-refractivity contribution in [2.45, 2.75) is 25.4 Å². The van der Waals surface area contributed by atoms with Gasteiger partial charge in [-0.15, -0.1) is 0 Å². The van der Waals surface area contributed by atoms with Crippen molar-refractivity contribution in [1.82, 2.24) is 0 Å². The van der Waals surface area contributed by atoms with Crippen LogP contribution in [0, 0.1) is 0 Å². The summed E-state index contributed by atoms with van der Waals surface area (Å²) in [5.74, 6) is 0.818. The topological polar surface area (TPSA) is 26.3 Å². The van der Waals surface area contributed by atoms with Gasteiger partial charge in [-0.05, 0) is 26.0 Å². The van der Waals surface area contributed by atoms with E-state index in [0.29, 0.717) is 5.75 Å². The van der Waals surface area contributed by atoms with Crippen LogP contribution in [0.15, 0.2) is 0 Å². The van der Waals surface area contributed by atoms with Crippen LogP contribution in [0.1, 0.15) is 19.8 Å². The van der Waals surface area contributed by atoms with Crippen LogP contribution in [0.3, 0.4) is 0 Å². The first kappa shape index (κ1) is 9.07. The highest BCUT2D eigenvalue weighted by atomic mass is 32.2. The molecule has 11 heavy (non-hydrogen) atoms. The molecule has 0 amide bonds. The monoisotopic (exact) mass is 174 g/mol. The van der Waals surface area contributed by atoms with Crippen molar-refractivity contribution in [2.75, 3.05) is 18.6 Å². The van der Waals surface area contributed by atoms with E-state index in [0.717, 1.165) is 19.4 Å². The van der Waals surface area contributed by atoms with Crippen LogP contribution >= 0.6 is 11.8 Å². The number of ether oxygens (including phenoxy) is 1. The zero-order valence-electron chi connectivity index (χ0n) is 7.05. The SMILES string of the molecule is CSCC(=O)C1(C)CCCO1. The van der Waals surface area contributed by atoms with Gasteiger partial charge < -0.3 is 4.74 Å². The molecule has 1 fully saturated rings. The fourth-order valence-electron chi connectivity index (χ4n) is 1.28. The molecule has 1 aliphatic heterocycles. The summed E-state index contributed by atoms with van der Waals surface area (Å²) in [7, 11) is 0. The van der Waals surface area contributed by atoms with Crippen LogP contribution in [-0.2, 0) is 9.53 Å². The lowest BCUT2D eigenvalue weighted by molar-refractivity contribution is -0.134. The third-order valence-corrected chi connectivity index (χ3v) is 2.63. The predicted molar refractivity (Wildman–Crippen MR) is 47.0 cm³/mol. The maximum atomic E-state index is 11.4. The molecule has 1 unspecified atom stereocenters. The van der Waals surface area contributed by atoms with Crippen molar-refractivity contribution in [2.24, 2.45) is 0 Å². The Hall–Kier alpha value is -0.0200. The Balaban J connectivity index is 2.49. The maximum Gasteiger partial charge on any atom is 0.174 e. The van der Waals surface area contributed by atoms with E-state index >= 15 is 0 Å². The molecule has 0 aromatic carbocycles. The molecule has 1 heterocycles. The Bertz CT molecular complexity index is 150. The van der Waals surface area contributed by atoms with Crippen molar-refractivity contribution in [3.63, 3.8) is 0 Å². The second-order valence-corrected chi connectivity index (χ2v) is 3.91. The molecule has 64 valence electrons. The van der Waals surface area contributed by atoms with Crippen LogP contribution in [-0.4, -0.2) is 30.0 Å². The van der Waals surface area contributed by atoms with Gasteiger partial charge in [-0.25, -0.2) is 0 Å². The first-order valence-corrected chi connectivity index (χ1v) is 5.24. The Morgan fingerprint density at radius 1 is 1.73 bits per heavy atom. The van der Waals surface area contributed by atoms with E-state index < -0.39 is 5.60 Å². The minimum atomic E-state index is -0.455. The number of rotatable bonds is 3. The summed E-state index contributed by atoms with van der Waals surface area (Å²) in [6.07, 6.45) is 3.86. The molecule has 0 N–H and O–H groups in total. The first-order chi connectivity index (χ1) is 5.19. The van der Waals surface area contributed by atoms with Crippen molar-refractivity contribution in [3.8, 4) is 0 Å². The lowest BCUT2D eigenvalue weighted by Crippen LogP contribution is -2.35. The fraction of sp³-hybridized carbons (Fsp3) is 0.875. The van der Waals surface area contributed by atoms with Crippen molar-refractivity contribution < 1.29 is 9.53 Å². The number of hydrogen-bond acceptors (Lipinski definition) is 3. The smallest absolute Gasteiger partial charge is 0.174 e. The van der Waals surface area contributed by atoms with Gasteiger partial charge in [0.25, 0.3) is 0 Å². The summed E-state index contributed by atoms with van der Waals surface area (Å²) in [6, 6.07) is 0. The standard InChI is InChI=1S/C8H14O2S/c1-8(4-3-5-10-8)7(9)6-11-2/h3-6H2,1-2H3. The van der Waals surface area contributed by atoms with Gasteiger partial charge in [-0.1, -0.05) is 0 Å². The number of ketones is 1. The molecular formula is C8H14O2S. The molecule has 3 heteroatoms. The van der Waals surface area contributed by atoms with Crippen molar-refractivity contribution >= 4 is 17.5 Å². The van der Waals surface area contributed by atoms with Crippen molar-refractivity contribution in [3.05, 3.63) is 0 Å². The predicted octanol–water partition coefficient (Wildman–Crippen LogP) is 1.49. The quantitative estimate of drug-likeness (QED) is 0.648. The van der Waals surface area contributed by atoms with Gasteiger partial charge in [0.05, 0.1) is 5.75 Å². The fourth-order valence-corrected chi connectivity index (χ4v) is 1.85. The summed E-state index contributed by atoms with van der Waals surface area (Å²) >= 11 is 1.57. The number of carbonyl (C=O) groups excluding carboxylic acids is 1.